The molecule has 0 aromatic heterocycles. The monoisotopic (exact) mass is 880 g/mol. The fraction of sp³-hybridized carbons (Fsp3) is 0.268. The molecule has 0 heterocycles. The topological polar surface area (TPSA) is 113 Å². The van der Waals surface area contributed by atoms with E-state index in [1.165, 1.54) is 36.5 Å². The van der Waals surface area contributed by atoms with Crippen molar-refractivity contribution in [2.75, 3.05) is 19.8 Å². The Morgan fingerprint density at radius 3 is 1.64 bits per heavy atom. The zero-order valence-electron chi connectivity index (χ0n) is 37.7. The van der Waals surface area contributed by atoms with Crippen LogP contribution in [0.5, 0.6) is 23.0 Å². The highest BCUT2D eigenvalue weighted by molar-refractivity contribution is 5.89. The van der Waals surface area contributed by atoms with Gasteiger partial charge in [0.2, 0.25) is 0 Å². The number of benzene rings is 6. The SMILES string of the molecule is CCCCCCOc1ccc(N=Nc2ccc(/C=C\C(=O)Oc3cccc4c3C3(CCc5cccc(OOC/C=C/c6ccc(N=Nc7ccc(OCCC)cc7)cc6)c53)CC4)cc2)cc1. The predicted octanol–water partition coefficient (Wildman–Crippen LogP) is 15.1. The Morgan fingerprint density at radius 1 is 0.561 bits per heavy atom. The van der Waals surface area contributed by atoms with E-state index in [4.69, 9.17) is 24.0 Å². The standard InChI is InChI=1S/C56H56N4O6/c1-3-5-6-7-39-63-50-31-27-48(28-32-50)60-58-46-23-18-42(19-24-46)20-33-53(61)65-51-14-8-12-43-34-36-56(54(43)51)37-35-44-13-9-15-52(55(44)56)66-64-40-10-11-41-16-21-45(22-17-41)57-59-47-25-29-49(30-26-47)62-38-4-2/h8-33H,3-7,34-40H2,1-2H3/b11-10+,33-20-,59-57?,60-58?. The normalized spacial score (nSPS) is 15.3. The summed E-state index contributed by atoms with van der Waals surface area (Å²) in [5, 5.41) is 17.5. The molecule has 10 nitrogen and oxygen atoms in total. The molecule has 0 radical (unpaired) electrons. The fourth-order valence-corrected chi connectivity index (χ4v) is 8.58. The van der Waals surface area contributed by atoms with E-state index in [0.29, 0.717) is 23.8 Å². The van der Waals surface area contributed by atoms with Gasteiger partial charge in [0.15, 0.2) is 5.75 Å². The minimum Gasteiger partial charge on any atom is -0.494 e. The Morgan fingerprint density at radius 2 is 1.08 bits per heavy atom. The molecule has 2 aliphatic rings. The number of carbonyl (C=O) groups is 1. The summed E-state index contributed by atoms with van der Waals surface area (Å²) in [6, 6.07) is 42.7. The molecular weight excluding hydrogens is 825 g/mol. The quantitative estimate of drug-likeness (QED) is 0.0135. The van der Waals surface area contributed by atoms with Gasteiger partial charge in [0.25, 0.3) is 0 Å². The van der Waals surface area contributed by atoms with E-state index >= 15 is 0 Å². The van der Waals surface area contributed by atoms with Crippen LogP contribution in [0.4, 0.5) is 22.7 Å². The van der Waals surface area contributed by atoms with Gasteiger partial charge in [0.05, 0.1) is 36.0 Å². The van der Waals surface area contributed by atoms with Crippen LogP contribution in [0.1, 0.15) is 92.2 Å². The Hall–Kier alpha value is -7.17. The number of unbranched alkanes of at least 4 members (excludes halogenated alkanes) is 3. The summed E-state index contributed by atoms with van der Waals surface area (Å²) in [4.78, 5) is 25.2. The van der Waals surface area contributed by atoms with Gasteiger partial charge in [0, 0.05) is 22.6 Å². The number of esters is 1. The summed E-state index contributed by atoms with van der Waals surface area (Å²) in [5.41, 5.74) is 9.01. The molecule has 0 saturated carbocycles. The van der Waals surface area contributed by atoms with Gasteiger partial charge in [-0.05, 0) is 152 Å². The van der Waals surface area contributed by atoms with E-state index in [9.17, 15) is 4.79 Å². The highest BCUT2D eigenvalue weighted by atomic mass is 17.2. The number of nitrogens with zero attached hydrogens (tertiary/aromatic N) is 4. The van der Waals surface area contributed by atoms with Gasteiger partial charge in [-0.15, -0.1) is 0 Å². The number of fused-ring (bicyclic) bond motifs is 4. The third-order valence-electron chi connectivity index (χ3n) is 11.8. The first-order chi connectivity index (χ1) is 32.5. The van der Waals surface area contributed by atoms with Crippen LogP contribution in [0.15, 0.2) is 166 Å². The number of rotatable bonds is 21. The molecule has 0 amide bonds. The molecule has 0 bridgehead atoms. The van der Waals surface area contributed by atoms with Crippen molar-refractivity contribution in [1.82, 2.24) is 0 Å². The van der Waals surface area contributed by atoms with Crippen molar-refractivity contribution >= 4 is 40.9 Å². The zero-order valence-corrected chi connectivity index (χ0v) is 37.7. The molecule has 1 atom stereocenters. The molecule has 10 heteroatoms. The molecule has 0 fully saturated rings. The van der Waals surface area contributed by atoms with Crippen LogP contribution in [0.3, 0.4) is 0 Å². The number of ether oxygens (including phenoxy) is 3. The molecule has 1 unspecified atom stereocenters. The van der Waals surface area contributed by atoms with Crippen molar-refractivity contribution in [2.24, 2.45) is 20.5 Å². The van der Waals surface area contributed by atoms with Crippen LogP contribution in [0.2, 0.25) is 0 Å². The molecule has 6 aromatic rings. The Balaban J connectivity index is 0.848. The predicted molar refractivity (Wildman–Crippen MR) is 260 cm³/mol. The summed E-state index contributed by atoms with van der Waals surface area (Å²) in [6.45, 7) is 5.94. The van der Waals surface area contributed by atoms with Crippen LogP contribution in [-0.4, -0.2) is 25.8 Å². The number of azo groups is 2. The minimum atomic E-state index is -0.446. The Bertz CT molecular complexity index is 2650. The van der Waals surface area contributed by atoms with Gasteiger partial charge in [-0.3, -0.25) is 0 Å². The van der Waals surface area contributed by atoms with Gasteiger partial charge in [0.1, 0.15) is 23.9 Å². The van der Waals surface area contributed by atoms with Crippen LogP contribution in [-0.2, 0) is 27.9 Å². The number of carbonyl (C=O) groups excluding carboxylic acids is 1. The average Bonchev–Trinajstić information content (AvgIpc) is 3.93. The van der Waals surface area contributed by atoms with Crippen molar-refractivity contribution in [3.8, 4) is 23.0 Å². The molecule has 0 saturated heterocycles. The van der Waals surface area contributed by atoms with E-state index in [2.05, 4.69) is 46.4 Å². The number of hydrogen-bond acceptors (Lipinski definition) is 10. The molecule has 6 aromatic carbocycles. The van der Waals surface area contributed by atoms with Crippen molar-refractivity contribution in [1.29, 1.82) is 0 Å². The second kappa shape index (κ2) is 22.6. The summed E-state index contributed by atoms with van der Waals surface area (Å²) >= 11 is 0. The Labute approximate surface area is 387 Å². The van der Waals surface area contributed by atoms with Crippen LogP contribution >= 0.6 is 0 Å². The molecule has 1 spiro atoms. The minimum absolute atomic E-state index is 0.249. The van der Waals surface area contributed by atoms with E-state index in [0.717, 1.165) is 95.9 Å². The lowest BCUT2D eigenvalue weighted by atomic mass is 9.76. The summed E-state index contributed by atoms with van der Waals surface area (Å²) in [6.07, 6.45) is 16.3. The van der Waals surface area contributed by atoms with Crippen LogP contribution in [0.25, 0.3) is 12.2 Å². The smallest absolute Gasteiger partial charge is 0.336 e. The number of aryl methyl sites for hydroxylation is 2. The molecule has 0 N–H and O–H groups in total. The van der Waals surface area contributed by atoms with Gasteiger partial charge in [-0.1, -0.05) is 93.8 Å². The maximum atomic E-state index is 13.4. The zero-order chi connectivity index (χ0) is 45.4. The molecule has 336 valence electrons. The lowest BCUT2D eigenvalue weighted by Crippen LogP contribution is -2.24. The van der Waals surface area contributed by atoms with Gasteiger partial charge in [-0.2, -0.15) is 25.3 Å². The van der Waals surface area contributed by atoms with E-state index in [1.54, 1.807) is 6.08 Å². The average molecular weight is 881 g/mol. The molecule has 0 aliphatic heterocycles. The lowest BCUT2D eigenvalue weighted by molar-refractivity contribution is -0.196. The van der Waals surface area contributed by atoms with Crippen molar-refractivity contribution in [3.63, 3.8) is 0 Å². The largest absolute Gasteiger partial charge is 0.494 e. The highest BCUT2D eigenvalue weighted by Gasteiger charge is 2.49. The van der Waals surface area contributed by atoms with Gasteiger partial charge in [-0.25, -0.2) is 4.79 Å². The van der Waals surface area contributed by atoms with Crippen LogP contribution < -0.4 is 19.1 Å². The summed E-state index contributed by atoms with van der Waals surface area (Å²) in [5.74, 6) is 2.48. The third-order valence-corrected chi connectivity index (χ3v) is 11.8. The maximum absolute atomic E-state index is 13.4. The third kappa shape index (κ3) is 11.7. The summed E-state index contributed by atoms with van der Waals surface area (Å²) in [7, 11) is 0. The van der Waals surface area contributed by atoms with Crippen molar-refractivity contribution in [2.45, 2.75) is 77.0 Å². The second-order valence-electron chi connectivity index (χ2n) is 16.5. The highest BCUT2D eigenvalue weighted by Crippen LogP contribution is 2.57. The molecule has 2 aliphatic carbocycles. The first kappa shape index (κ1) is 45.4. The van der Waals surface area contributed by atoms with Crippen molar-refractivity contribution in [3.05, 3.63) is 179 Å². The maximum Gasteiger partial charge on any atom is 0.336 e. The Kier molecular flexibility index (Phi) is 15.6. The fourth-order valence-electron chi connectivity index (χ4n) is 8.58. The molecular formula is C56H56N4O6. The van der Waals surface area contributed by atoms with Gasteiger partial charge >= 0.3 is 5.97 Å². The molecule has 8 rings (SSSR count). The van der Waals surface area contributed by atoms with E-state index in [1.807, 2.05) is 133 Å². The van der Waals surface area contributed by atoms with Crippen LogP contribution in [0, 0.1) is 0 Å². The number of hydrogen-bond donors (Lipinski definition) is 0. The first-order valence-corrected chi connectivity index (χ1v) is 23.1. The van der Waals surface area contributed by atoms with E-state index < -0.39 is 5.97 Å². The molecule has 66 heavy (non-hydrogen) atoms. The van der Waals surface area contributed by atoms with Crippen molar-refractivity contribution < 1.29 is 28.8 Å². The summed E-state index contributed by atoms with van der Waals surface area (Å²) < 4.78 is 17.6. The van der Waals surface area contributed by atoms with Gasteiger partial charge < -0.3 is 19.1 Å². The lowest BCUT2D eigenvalue weighted by Gasteiger charge is -2.29. The van der Waals surface area contributed by atoms with E-state index in [-0.39, 0.29) is 12.0 Å². The second-order valence-corrected chi connectivity index (χ2v) is 16.5. The first-order valence-electron chi connectivity index (χ1n) is 23.1.